The van der Waals surface area contributed by atoms with Crippen molar-refractivity contribution in [1.29, 1.82) is 0 Å². The lowest BCUT2D eigenvalue weighted by atomic mass is 10.1. The van der Waals surface area contributed by atoms with E-state index in [9.17, 15) is 0 Å². The first kappa shape index (κ1) is 12.9. The first-order chi connectivity index (χ1) is 9.79. The van der Waals surface area contributed by atoms with Crippen molar-refractivity contribution in [1.82, 2.24) is 10.2 Å². The van der Waals surface area contributed by atoms with Crippen molar-refractivity contribution in [3.8, 4) is 0 Å². The highest BCUT2D eigenvalue weighted by Gasteiger charge is 2.08. The molecule has 3 nitrogen and oxygen atoms in total. The largest absolute Gasteiger partial charge is 0.338 e. The molecule has 1 N–H and O–H groups in total. The van der Waals surface area contributed by atoms with Crippen molar-refractivity contribution >= 4 is 33.9 Å². The molecule has 0 radical (unpaired) electrons. The van der Waals surface area contributed by atoms with Gasteiger partial charge in [0.25, 0.3) is 0 Å². The van der Waals surface area contributed by atoms with Gasteiger partial charge in [0.1, 0.15) is 0 Å². The molecule has 0 spiro atoms. The number of aromatic nitrogens is 2. The normalized spacial score (nSPS) is 10.7. The van der Waals surface area contributed by atoms with Gasteiger partial charge in [0.2, 0.25) is 0 Å². The van der Waals surface area contributed by atoms with Crippen LogP contribution in [-0.4, -0.2) is 10.2 Å². The fourth-order valence-corrected chi connectivity index (χ4v) is 2.45. The molecule has 0 aliphatic rings. The molecule has 3 aromatic rings. The molecule has 100 valence electrons. The molecule has 4 heteroatoms. The van der Waals surface area contributed by atoms with Crippen LogP contribution in [0.25, 0.3) is 10.8 Å². The standard InChI is InChI=1S/C16H14ClN3/c1-11-13-7-3-4-8-14(13)16(20-19-11)18-15-9-5-2-6-12(15)10-17/h2-9H,10H2,1H3,(H,18,20). The van der Waals surface area contributed by atoms with Gasteiger partial charge in [-0.2, -0.15) is 5.10 Å². The van der Waals surface area contributed by atoms with Gasteiger partial charge in [-0.15, -0.1) is 16.7 Å². The Labute approximate surface area is 122 Å². The van der Waals surface area contributed by atoms with Crippen LogP contribution in [-0.2, 0) is 5.88 Å². The Morgan fingerprint density at radius 3 is 2.45 bits per heavy atom. The zero-order chi connectivity index (χ0) is 13.9. The molecule has 2 aromatic carbocycles. The van der Waals surface area contributed by atoms with E-state index in [0.717, 1.165) is 33.5 Å². The Bertz CT molecular complexity index is 756. The number of hydrogen-bond donors (Lipinski definition) is 1. The minimum atomic E-state index is 0.459. The minimum absolute atomic E-state index is 0.459. The second-order valence-electron chi connectivity index (χ2n) is 4.60. The van der Waals surface area contributed by atoms with Gasteiger partial charge in [0.05, 0.1) is 5.69 Å². The van der Waals surface area contributed by atoms with Crippen molar-refractivity contribution in [3.63, 3.8) is 0 Å². The predicted octanol–water partition coefficient (Wildman–Crippen LogP) is 4.42. The third-order valence-corrected chi connectivity index (χ3v) is 3.57. The zero-order valence-electron chi connectivity index (χ0n) is 11.1. The van der Waals surface area contributed by atoms with Gasteiger partial charge in [0.15, 0.2) is 5.82 Å². The van der Waals surface area contributed by atoms with Crippen LogP contribution in [0.2, 0.25) is 0 Å². The molecule has 1 heterocycles. The monoisotopic (exact) mass is 283 g/mol. The van der Waals surface area contributed by atoms with Gasteiger partial charge < -0.3 is 5.32 Å². The average Bonchev–Trinajstić information content (AvgIpc) is 2.51. The Hall–Kier alpha value is -2.13. The molecule has 0 saturated carbocycles. The number of halogens is 1. The van der Waals surface area contributed by atoms with E-state index >= 15 is 0 Å². The predicted molar refractivity (Wildman–Crippen MR) is 83.6 cm³/mol. The van der Waals surface area contributed by atoms with Crippen LogP contribution < -0.4 is 5.32 Å². The number of alkyl halides is 1. The maximum absolute atomic E-state index is 5.97. The van der Waals surface area contributed by atoms with Crippen LogP contribution in [0, 0.1) is 6.92 Å². The number of hydrogen-bond acceptors (Lipinski definition) is 3. The van der Waals surface area contributed by atoms with Gasteiger partial charge in [-0.3, -0.25) is 0 Å². The summed E-state index contributed by atoms with van der Waals surface area (Å²) in [7, 11) is 0. The topological polar surface area (TPSA) is 37.8 Å². The van der Waals surface area contributed by atoms with E-state index in [1.54, 1.807) is 0 Å². The molecule has 20 heavy (non-hydrogen) atoms. The van der Waals surface area contributed by atoms with E-state index < -0.39 is 0 Å². The number of nitrogens with one attached hydrogen (secondary N) is 1. The summed E-state index contributed by atoms with van der Waals surface area (Å²) in [6.07, 6.45) is 0. The van der Waals surface area contributed by atoms with Crippen molar-refractivity contribution in [3.05, 3.63) is 59.8 Å². The molecule has 0 bridgehead atoms. The number of aryl methyl sites for hydroxylation is 1. The van der Waals surface area contributed by atoms with E-state index in [1.165, 1.54) is 0 Å². The molecule has 0 saturated heterocycles. The molecule has 3 rings (SSSR count). The lowest BCUT2D eigenvalue weighted by Gasteiger charge is -2.11. The number of para-hydroxylation sites is 1. The van der Waals surface area contributed by atoms with E-state index in [-0.39, 0.29) is 0 Å². The summed E-state index contributed by atoms with van der Waals surface area (Å²) in [6.45, 7) is 1.96. The summed E-state index contributed by atoms with van der Waals surface area (Å²) >= 11 is 5.97. The zero-order valence-corrected chi connectivity index (χ0v) is 11.9. The van der Waals surface area contributed by atoms with Gasteiger partial charge in [-0.25, -0.2) is 0 Å². The lowest BCUT2D eigenvalue weighted by molar-refractivity contribution is 1.01. The first-order valence-corrected chi connectivity index (χ1v) is 6.96. The number of benzene rings is 2. The molecule has 1 aromatic heterocycles. The summed E-state index contributed by atoms with van der Waals surface area (Å²) in [5, 5.41) is 14.0. The highest BCUT2D eigenvalue weighted by atomic mass is 35.5. The van der Waals surface area contributed by atoms with Gasteiger partial charge >= 0.3 is 0 Å². The molecule has 0 atom stereocenters. The maximum Gasteiger partial charge on any atom is 0.160 e. The van der Waals surface area contributed by atoms with Crippen LogP contribution >= 0.6 is 11.6 Å². The Balaban J connectivity index is 2.09. The summed E-state index contributed by atoms with van der Waals surface area (Å²) in [5.74, 6) is 1.21. The number of rotatable bonds is 3. The highest BCUT2D eigenvalue weighted by molar-refractivity contribution is 6.17. The maximum atomic E-state index is 5.97. The van der Waals surface area contributed by atoms with E-state index in [4.69, 9.17) is 11.6 Å². The SMILES string of the molecule is Cc1nnc(Nc2ccccc2CCl)c2ccccc12. The van der Waals surface area contributed by atoms with Crippen LogP contribution in [0.1, 0.15) is 11.3 Å². The van der Waals surface area contributed by atoms with Gasteiger partial charge in [0, 0.05) is 22.3 Å². The third-order valence-electron chi connectivity index (χ3n) is 3.29. The van der Waals surface area contributed by atoms with Crippen molar-refractivity contribution in [2.75, 3.05) is 5.32 Å². The Morgan fingerprint density at radius 1 is 0.950 bits per heavy atom. The lowest BCUT2D eigenvalue weighted by Crippen LogP contribution is -2.00. The molecule has 0 aliphatic carbocycles. The second-order valence-corrected chi connectivity index (χ2v) is 4.86. The van der Waals surface area contributed by atoms with Gasteiger partial charge in [-0.1, -0.05) is 42.5 Å². The summed E-state index contributed by atoms with van der Waals surface area (Å²) < 4.78 is 0. The number of nitrogens with zero attached hydrogens (tertiary/aromatic N) is 2. The molecular formula is C16H14ClN3. The molecule has 0 unspecified atom stereocenters. The number of anilines is 2. The fourth-order valence-electron chi connectivity index (χ4n) is 2.22. The highest BCUT2D eigenvalue weighted by Crippen LogP contribution is 2.27. The minimum Gasteiger partial charge on any atom is -0.338 e. The summed E-state index contributed by atoms with van der Waals surface area (Å²) in [5.41, 5.74) is 2.93. The third kappa shape index (κ3) is 2.32. The second kappa shape index (κ2) is 5.47. The average molecular weight is 284 g/mol. The molecular weight excluding hydrogens is 270 g/mol. The Kier molecular flexibility index (Phi) is 3.52. The Morgan fingerprint density at radius 2 is 1.65 bits per heavy atom. The number of fused-ring (bicyclic) bond motifs is 1. The molecule has 0 amide bonds. The van der Waals surface area contributed by atoms with E-state index in [2.05, 4.69) is 21.6 Å². The van der Waals surface area contributed by atoms with Gasteiger partial charge in [-0.05, 0) is 18.6 Å². The summed E-state index contributed by atoms with van der Waals surface area (Å²) in [4.78, 5) is 0. The van der Waals surface area contributed by atoms with Crippen LogP contribution in [0.4, 0.5) is 11.5 Å². The van der Waals surface area contributed by atoms with E-state index in [1.807, 2.05) is 49.4 Å². The van der Waals surface area contributed by atoms with Crippen LogP contribution in [0.15, 0.2) is 48.5 Å². The first-order valence-electron chi connectivity index (χ1n) is 6.42. The smallest absolute Gasteiger partial charge is 0.160 e. The molecule has 0 fully saturated rings. The van der Waals surface area contributed by atoms with Crippen molar-refractivity contribution in [2.45, 2.75) is 12.8 Å². The van der Waals surface area contributed by atoms with E-state index in [0.29, 0.717) is 5.88 Å². The fraction of sp³-hybridized carbons (Fsp3) is 0.125. The van der Waals surface area contributed by atoms with Crippen molar-refractivity contribution < 1.29 is 0 Å². The van der Waals surface area contributed by atoms with Crippen molar-refractivity contribution in [2.24, 2.45) is 0 Å². The molecule has 0 aliphatic heterocycles. The summed E-state index contributed by atoms with van der Waals surface area (Å²) in [6, 6.07) is 16.0. The quantitative estimate of drug-likeness (QED) is 0.723. The van der Waals surface area contributed by atoms with Crippen LogP contribution in [0.5, 0.6) is 0 Å². The van der Waals surface area contributed by atoms with Crippen LogP contribution in [0.3, 0.4) is 0 Å².